The van der Waals surface area contributed by atoms with Crippen molar-refractivity contribution in [3.8, 4) is 0 Å². The lowest BCUT2D eigenvalue weighted by atomic mass is 10.3. The van der Waals surface area contributed by atoms with Crippen LogP contribution in [0.2, 0.25) is 0 Å². The van der Waals surface area contributed by atoms with E-state index >= 15 is 0 Å². The van der Waals surface area contributed by atoms with Gasteiger partial charge in [0.25, 0.3) is 10.0 Å². The maximum Gasteiger partial charge on any atom is 0.266 e. The first-order valence-corrected chi connectivity index (χ1v) is 6.94. The number of nitrogens with two attached hydrogens (primary N) is 1. The van der Waals surface area contributed by atoms with Crippen molar-refractivity contribution in [2.75, 3.05) is 10.5 Å². The molecule has 0 amide bonds. The number of rotatable bonds is 3. The molecule has 0 bridgehead atoms. The maximum absolute atomic E-state index is 13.6. The maximum atomic E-state index is 13.6. The van der Waals surface area contributed by atoms with Crippen molar-refractivity contribution in [1.29, 1.82) is 0 Å². The van der Waals surface area contributed by atoms with Gasteiger partial charge in [-0.25, -0.2) is 12.8 Å². The average Bonchev–Trinajstić information content (AvgIpc) is 2.75. The fourth-order valence-electron chi connectivity index (χ4n) is 1.26. The number of sulfonamides is 1. The highest BCUT2D eigenvalue weighted by atomic mass is 79.9. The van der Waals surface area contributed by atoms with Gasteiger partial charge in [0.05, 0.1) is 6.20 Å². The second-order valence-corrected chi connectivity index (χ2v) is 5.89. The quantitative estimate of drug-likeness (QED) is 0.743. The first-order valence-electron chi connectivity index (χ1n) is 4.67. The minimum absolute atomic E-state index is 0.126. The Hall–Kier alpha value is -1.61. The molecule has 2 aromatic rings. The van der Waals surface area contributed by atoms with E-state index in [9.17, 15) is 12.8 Å². The van der Waals surface area contributed by atoms with E-state index in [4.69, 9.17) is 5.73 Å². The van der Waals surface area contributed by atoms with Crippen LogP contribution in [-0.2, 0) is 10.0 Å². The minimum Gasteiger partial charge on any atom is -0.398 e. The van der Waals surface area contributed by atoms with Crippen LogP contribution in [0.1, 0.15) is 0 Å². The first-order chi connectivity index (χ1) is 8.40. The molecule has 0 unspecified atom stereocenters. The summed E-state index contributed by atoms with van der Waals surface area (Å²) in [7, 11) is -4.05. The molecule has 6 nitrogen and oxygen atoms in total. The molecule has 2 rings (SSSR count). The lowest BCUT2D eigenvalue weighted by molar-refractivity contribution is 0.570. The summed E-state index contributed by atoms with van der Waals surface area (Å²) in [5, 5.41) is 5.98. The Bertz CT molecular complexity index is 672. The number of nitrogens with zero attached hydrogens (tertiary/aromatic N) is 1. The van der Waals surface area contributed by atoms with Crippen LogP contribution in [0.25, 0.3) is 0 Å². The van der Waals surface area contributed by atoms with Gasteiger partial charge in [-0.3, -0.25) is 9.82 Å². The lowest BCUT2D eigenvalue weighted by Gasteiger charge is -2.08. The fourth-order valence-corrected chi connectivity index (χ4v) is 2.69. The molecule has 1 aromatic carbocycles. The number of anilines is 2. The largest absolute Gasteiger partial charge is 0.398 e. The second kappa shape index (κ2) is 4.58. The van der Waals surface area contributed by atoms with Gasteiger partial charge in [0.2, 0.25) is 0 Å². The molecule has 1 aromatic heterocycles. The summed E-state index contributed by atoms with van der Waals surface area (Å²) in [4.78, 5) is -0.530. The molecule has 0 aliphatic heterocycles. The zero-order chi connectivity index (χ0) is 13.3. The average molecular weight is 335 g/mol. The van der Waals surface area contributed by atoms with Crippen LogP contribution in [0.3, 0.4) is 0 Å². The van der Waals surface area contributed by atoms with E-state index in [1.54, 1.807) is 0 Å². The number of hydrogen-bond donors (Lipinski definition) is 3. The van der Waals surface area contributed by atoms with E-state index in [1.807, 2.05) is 0 Å². The molecule has 0 fully saturated rings. The van der Waals surface area contributed by atoms with Gasteiger partial charge in [-0.15, -0.1) is 0 Å². The predicted molar refractivity (Wildman–Crippen MR) is 67.9 cm³/mol. The van der Waals surface area contributed by atoms with Gasteiger partial charge in [-0.05, 0) is 28.1 Å². The Morgan fingerprint density at radius 3 is 2.78 bits per heavy atom. The van der Waals surface area contributed by atoms with E-state index in [2.05, 4.69) is 30.8 Å². The third kappa shape index (κ3) is 2.46. The van der Waals surface area contributed by atoms with E-state index in [0.717, 1.165) is 12.1 Å². The Balaban J connectivity index is 2.44. The summed E-state index contributed by atoms with van der Waals surface area (Å²) < 4.78 is 39.9. The van der Waals surface area contributed by atoms with Crippen LogP contribution in [0.4, 0.5) is 15.9 Å². The van der Waals surface area contributed by atoms with Crippen LogP contribution in [0.15, 0.2) is 33.8 Å². The van der Waals surface area contributed by atoms with Gasteiger partial charge in [0.15, 0.2) is 0 Å². The van der Waals surface area contributed by atoms with Crippen LogP contribution >= 0.6 is 15.9 Å². The molecule has 0 saturated heterocycles. The van der Waals surface area contributed by atoms with Crippen LogP contribution < -0.4 is 10.5 Å². The van der Waals surface area contributed by atoms with Crippen molar-refractivity contribution in [2.24, 2.45) is 0 Å². The normalized spacial score (nSPS) is 11.4. The highest BCUT2D eigenvalue weighted by Gasteiger charge is 2.21. The molecule has 18 heavy (non-hydrogen) atoms. The van der Waals surface area contributed by atoms with E-state index < -0.39 is 20.7 Å². The Morgan fingerprint density at radius 2 is 2.17 bits per heavy atom. The number of aromatic amines is 1. The third-order valence-corrected chi connectivity index (χ3v) is 4.15. The minimum atomic E-state index is -4.05. The predicted octanol–water partition coefficient (Wildman–Crippen LogP) is 1.69. The topological polar surface area (TPSA) is 101 Å². The fraction of sp³-hybridized carbons (Fsp3) is 0. The van der Waals surface area contributed by atoms with Gasteiger partial charge < -0.3 is 5.73 Å². The number of benzene rings is 1. The van der Waals surface area contributed by atoms with Gasteiger partial charge in [0.1, 0.15) is 16.5 Å². The molecule has 0 aliphatic rings. The van der Waals surface area contributed by atoms with Crippen LogP contribution in [-0.4, -0.2) is 18.6 Å². The summed E-state index contributed by atoms with van der Waals surface area (Å²) in [6.07, 6.45) is 1.37. The monoisotopic (exact) mass is 334 g/mol. The Labute approximate surface area is 111 Å². The molecule has 0 saturated carbocycles. The Morgan fingerprint density at radius 1 is 1.44 bits per heavy atom. The zero-order valence-corrected chi connectivity index (χ0v) is 11.2. The summed E-state index contributed by atoms with van der Waals surface area (Å²) in [5.74, 6) is -0.765. The van der Waals surface area contributed by atoms with Crippen molar-refractivity contribution >= 4 is 37.5 Å². The van der Waals surface area contributed by atoms with Gasteiger partial charge in [-0.2, -0.15) is 5.10 Å². The summed E-state index contributed by atoms with van der Waals surface area (Å²) in [6.45, 7) is 0. The molecular weight excluding hydrogens is 327 g/mol. The van der Waals surface area contributed by atoms with Gasteiger partial charge >= 0.3 is 0 Å². The van der Waals surface area contributed by atoms with Gasteiger partial charge in [-0.1, -0.05) is 0 Å². The molecule has 0 spiro atoms. The molecule has 96 valence electrons. The smallest absolute Gasteiger partial charge is 0.266 e. The highest BCUT2D eigenvalue weighted by molar-refractivity contribution is 9.10. The summed E-state index contributed by atoms with van der Waals surface area (Å²) >= 11 is 3.01. The van der Waals surface area contributed by atoms with Crippen molar-refractivity contribution in [1.82, 2.24) is 10.2 Å². The molecule has 0 aliphatic carbocycles. The number of hydrogen-bond acceptors (Lipinski definition) is 4. The van der Waals surface area contributed by atoms with E-state index in [-0.39, 0.29) is 11.5 Å². The molecule has 4 N–H and O–H groups in total. The third-order valence-electron chi connectivity index (χ3n) is 2.09. The van der Waals surface area contributed by atoms with Crippen LogP contribution in [0.5, 0.6) is 0 Å². The number of halogens is 2. The number of nitrogen functional groups attached to an aromatic ring is 1. The molecule has 9 heteroatoms. The number of aromatic nitrogens is 2. The highest BCUT2D eigenvalue weighted by Crippen LogP contribution is 2.26. The SMILES string of the molecule is Nc1cc(S(=O)(=O)Nc2ccn[nH]2)c(F)cc1Br. The number of nitrogens with one attached hydrogen (secondary N) is 2. The van der Waals surface area contributed by atoms with Gasteiger partial charge in [0, 0.05) is 16.2 Å². The van der Waals surface area contributed by atoms with Crippen molar-refractivity contribution < 1.29 is 12.8 Å². The number of H-pyrrole nitrogens is 1. The second-order valence-electron chi connectivity index (χ2n) is 3.38. The standard InChI is InChI=1S/C9H8BrFN4O2S/c10-5-3-6(11)8(4-7(5)12)18(16,17)15-9-1-2-13-14-9/h1-4H,12H2,(H2,13,14,15). The first kappa shape index (κ1) is 12.8. The van der Waals surface area contributed by atoms with Crippen molar-refractivity contribution in [3.05, 3.63) is 34.7 Å². The lowest BCUT2D eigenvalue weighted by Crippen LogP contribution is -2.15. The van der Waals surface area contributed by atoms with Crippen LogP contribution in [0, 0.1) is 5.82 Å². The molecular formula is C9H8BrFN4O2S. The molecule has 1 heterocycles. The van der Waals surface area contributed by atoms with Crippen molar-refractivity contribution in [3.63, 3.8) is 0 Å². The van der Waals surface area contributed by atoms with Crippen molar-refractivity contribution in [2.45, 2.75) is 4.90 Å². The van der Waals surface area contributed by atoms with E-state index in [1.165, 1.54) is 12.3 Å². The van der Waals surface area contributed by atoms with E-state index in [0.29, 0.717) is 4.47 Å². The summed E-state index contributed by atoms with van der Waals surface area (Å²) in [5.41, 5.74) is 5.66. The zero-order valence-electron chi connectivity index (χ0n) is 8.81. The molecule has 0 radical (unpaired) electrons. The Kier molecular flexibility index (Phi) is 3.26. The molecule has 0 atom stereocenters. The summed E-state index contributed by atoms with van der Waals surface area (Å²) in [6, 6.07) is 3.44.